The van der Waals surface area contributed by atoms with Crippen LogP contribution in [0, 0.1) is 5.82 Å². The summed E-state index contributed by atoms with van der Waals surface area (Å²) in [6.45, 7) is 6.48. The first-order valence-electron chi connectivity index (χ1n) is 3.42. The number of halogens is 2. The first-order chi connectivity index (χ1) is 5.66. The molecular weight excluding hydrogens is 158 g/mol. The first-order valence-corrected chi connectivity index (χ1v) is 3.42. The molecule has 2 heteroatoms. The highest BCUT2D eigenvalue weighted by atomic mass is 19.1. The van der Waals surface area contributed by atoms with Gasteiger partial charge in [0.2, 0.25) is 0 Å². The minimum atomic E-state index is -0.649. The van der Waals surface area contributed by atoms with Crippen molar-refractivity contribution < 1.29 is 8.78 Å². The third-order valence-electron chi connectivity index (χ3n) is 1.55. The van der Waals surface area contributed by atoms with Crippen molar-refractivity contribution in [1.29, 1.82) is 0 Å². The molecule has 0 spiro atoms. The number of hydrogen-bond acceptors (Lipinski definition) is 0. The van der Waals surface area contributed by atoms with Crippen LogP contribution in [0.5, 0.6) is 0 Å². The van der Waals surface area contributed by atoms with Crippen LogP contribution in [-0.4, -0.2) is 0 Å². The van der Waals surface area contributed by atoms with Crippen LogP contribution < -0.4 is 0 Å². The zero-order valence-corrected chi connectivity index (χ0v) is 6.48. The van der Waals surface area contributed by atoms with Gasteiger partial charge in [0.05, 0.1) is 0 Å². The van der Waals surface area contributed by atoms with E-state index >= 15 is 0 Å². The van der Waals surface area contributed by atoms with Crippen molar-refractivity contribution in [3.05, 3.63) is 48.3 Å². The van der Waals surface area contributed by atoms with E-state index in [0.717, 1.165) is 0 Å². The van der Waals surface area contributed by atoms with Crippen molar-refractivity contribution in [2.24, 2.45) is 0 Å². The van der Waals surface area contributed by atoms with Gasteiger partial charge in [0.25, 0.3) is 0 Å². The molecule has 0 aliphatic carbocycles. The standard InChI is InChI=1S/C10H8F2/c1-3-8-9(7(2)11)5-4-6-10(8)12/h3-6H,1-2H2. The Morgan fingerprint density at radius 2 is 2.08 bits per heavy atom. The minimum Gasteiger partial charge on any atom is -0.207 e. The summed E-state index contributed by atoms with van der Waals surface area (Å²) in [5.74, 6) is -1.13. The second kappa shape index (κ2) is 3.30. The van der Waals surface area contributed by atoms with Crippen molar-refractivity contribution >= 4 is 11.9 Å². The summed E-state index contributed by atoms with van der Waals surface area (Å²) in [7, 11) is 0. The molecule has 0 nitrogen and oxygen atoms in total. The van der Waals surface area contributed by atoms with Gasteiger partial charge in [0.15, 0.2) is 0 Å². The summed E-state index contributed by atoms with van der Waals surface area (Å²) in [6.07, 6.45) is 1.27. The van der Waals surface area contributed by atoms with E-state index in [1.54, 1.807) is 0 Å². The maximum Gasteiger partial charge on any atom is 0.131 e. The monoisotopic (exact) mass is 166 g/mol. The summed E-state index contributed by atoms with van der Waals surface area (Å²) in [5, 5.41) is 0. The van der Waals surface area contributed by atoms with Crippen LogP contribution in [0.2, 0.25) is 0 Å². The Hall–Kier alpha value is -1.44. The predicted octanol–water partition coefficient (Wildman–Crippen LogP) is 3.41. The molecule has 0 radical (unpaired) electrons. The smallest absolute Gasteiger partial charge is 0.131 e. The van der Waals surface area contributed by atoms with Crippen LogP contribution in [0.1, 0.15) is 11.1 Å². The average Bonchev–Trinajstić information content (AvgIpc) is 2.03. The number of hydrogen-bond donors (Lipinski definition) is 0. The van der Waals surface area contributed by atoms with Gasteiger partial charge in [0.1, 0.15) is 11.6 Å². The van der Waals surface area contributed by atoms with Crippen LogP contribution in [0.15, 0.2) is 31.4 Å². The summed E-state index contributed by atoms with van der Waals surface area (Å²) in [6, 6.07) is 4.15. The van der Waals surface area contributed by atoms with Gasteiger partial charge in [-0.05, 0) is 6.07 Å². The third kappa shape index (κ3) is 1.42. The van der Waals surface area contributed by atoms with E-state index in [1.165, 1.54) is 24.3 Å². The summed E-state index contributed by atoms with van der Waals surface area (Å²) in [4.78, 5) is 0. The lowest BCUT2D eigenvalue weighted by molar-refractivity contribution is 0.623. The zero-order valence-electron chi connectivity index (χ0n) is 6.48. The number of benzene rings is 1. The molecule has 0 aromatic heterocycles. The fourth-order valence-electron chi connectivity index (χ4n) is 0.981. The van der Waals surface area contributed by atoms with Gasteiger partial charge >= 0.3 is 0 Å². The van der Waals surface area contributed by atoms with E-state index in [0.29, 0.717) is 0 Å². The Morgan fingerprint density at radius 3 is 2.50 bits per heavy atom. The summed E-state index contributed by atoms with van der Waals surface area (Å²) < 4.78 is 25.6. The molecule has 1 aromatic carbocycles. The van der Waals surface area contributed by atoms with Crippen LogP contribution in [0.4, 0.5) is 8.78 Å². The maximum atomic E-state index is 12.9. The number of rotatable bonds is 2. The van der Waals surface area contributed by atoms with Gasteiger partial charge in [-0.3, -0.25) is 0 Å². The zero-order chi connectivity index (χ0) is 9.14. The molecule has 12 heavy (non-hydrogen) atoms. The van der Waals surface area contributed by atoms with Gasteiger partial charge in [-0.25, -0.2) is 8.78 Å². The Kier molecular flexibility index (Phi) is 2.38. The van der Waals surface area contributed by atoms with Crippen LogP contribution in [-0.2, 0) is 0 Å². The molecule has 0 atom stereocenters. The normalized spacial score (nSPS) is 9.50. The Morgan fingerprint density at radius 1 is 1.42 bits per heavy atom. The molecule has 0 aliphatic heterocycles. The van der Waals surface area contributed by atoms with Crippen molar-refractivity contribution in [1.82, 2.24) is 0 Å². The molecule has 0 amide bonds. The fourth-order valence-corrected chi connectivity index (χ4v) is 0.981. The third-order valence-corrected chi connectivity index (χ3v) is 1.55. The Balaban J connectivity index is 3.37. The second-order valence-corrected chi connectivity index (χ2v) is 2.31. The quantitative estimate of drug-likeness (QED) is 0.631. The summed E-state index contributed by atoms with van der Waals surface area (Å²) >= 11 is 0. The van der Waals surface area contributed by atoms with Crippen LogP contribution in [0.3, 0.4) is 0 Å². The SMILES string of the molecule is C=Cc1c(F)cccc1C(=C)F. The lowest BCUT2D eigenvalue weighted by atomic mass is 10.1. The van der Waals surface area contributed by atoms with Gasteiger partial charge < -0.3 is 0 Å². The van der Waals surface area contributed by atoms with Crippen molar-refractivity contribution in [3.8, 4) is 0 Å². The van der Waals surface area contributed by atoms with E-state index in [4.69, 9.17) is 0 Å². The Labute approximate surface area is 69.8 Å². The van der Waals surface area contributed by atoms with Gasteiger partial charge in [-0.15, -0.1) is 0 Å². The molecule has 0 bridgehead atoms. The second-order valence-electron chi connectivity index (χ2n) is 2.31. The first kappa shape index (κ1) is 8.65. The molecule has 0 N–H and O–H groups in total. The fraction of sp³-hybridized carbons (Fsp3) is 0. The average molecular weight is 166 g/mol. The lowest BCUT2D eigenvalue weighted by Crippen LogP contribution is -1.88. The van der Waals surface area contributed by atoms with E-state index < -0.39 is 11.6 Å². The van der Waals surface area contributed by atoms with Gasteiger partial charge in [-0.2, -0.15) is 0 Å². The van der Waals surface area contributed by atoms with Crippen LogP contribution >= 0.6 is 0 Å². The molecule has 0 saturated heterocycles. The van der Waals surface area contributed by atoms with Crippen molar-refractivity contribution in [2.75, 3.05) is 0 Å². The van der Waals surface area contributed by atoms with E-state index in [1.807, 2.05) is 0 Å². The van der Waals surface area contributed by atoms with Crippen molar-refractivity contribution in [2.45, 2.75) is 0 Å². The molecule has 0 saturated carbocycles. The topological polar surface area (TPSA) is 0 Å². The van der Waals surface area contributed by atoms with Crippen LogP contribution in [0.25, 0.3) is 11.9 Å². The van der Waals surface area contributed by atoms with E-state index in [-0.39, 0.29) is 11.1 Å². The summed E-state index contributed by atoms with van der Waals surface area (Å²) in [5.41, 5.74) is 0.315. The molecule has 1 rings (SSSR count). The van der Waals surface area contributed by atoms with Crippen molar-refractivity contribution in [3.63, 3.8) is 0 Å². The highest BCUT2D eigenvalue weighted by Crippen LogP contribution is 2.21. The molecule has 0 aliphatic rings. The molecule has 1 aromatic rings. The molecule has 0 unspecified atom stereocenters. The molecular formula is C10H8F2. The highest BCUT2D eigenvalue weighted by Gasteiger charge is 2.06. The van der Waals surface area contributed by atoms with Gasteiger partial charge in [-0.1, -0.05) is 31.4 Å². The molecule has 0 fully saturated rings. The van der Waals surface area contributed by atoms with E-state index in [2.05, 4.69) is 13.2 Å². The Bertz CT molecular complexity index is 327. The van der Waals surface area contributed by atoms with Gasteiger partial charge in [0, 0.05) is 11.1 Å². The predicted molar refractivity (Wildman–Crippen MR) is 46.6 cm³/mol. The highest BCUT2D eigenvalue weighted by molar-refractivity contribution is 5.68. The largest absolute Gasteiger partial charge is 0.207 e. The lowest BCUT2D eigenvalue weighted by Gasteiger charge is -2.02. The minimum absolute atomic E-state index is 0.157. The maximum absolute atomic E-state index is 12.9. The van der Waals surface area contributed by atoms with E-state index in [9.17, 15) is 8.78 Å². The molecule has 0 heterocycles. The molecule has 62 valence electrons.